The molecule has 1 aromatic rings. The Morgan fingerprint density at radius 2 is 2.29 bits per heavy atom. The second-order valence-corrected chi connectivity index (χ2v) is 3.81. The van der Waals surface area contributed by atoms with Crippen LogP contribution in [0.15, 0.2) is 29.3 Å². The fraction of sp³-hybridized carbons (Fsp3) is 0.200. The Kier molecular flexibility index (Phi) is 4.10. The van der Waals surface area contributed by atoms with Crippen molar-refractivity contribution in [3.63, 3.8) is 0 Å². The summed E-state index contributed by atoms with van der Waals surface area (Å²) in [6.07, 6.45) is 0. The zero-order valence-corrected chi connectivity index (χ0v) is 9.05. The first-order valence-electron chi connectivity index (χ1n) is 3.99. The highest BCUT2D eigenvalue weighted by Crippen LogP contribution is 2.23. The van der Waals surface area contributed by atoms with Crippen LogP contribution in [0.1, 0.15) is 5.56 Å². The summed E-state index contributed by atoms with van der Waals surface area (Å²) in [4.78, 5) is 0. The fourth-order valence-corrected chi connectivity index (χ4v) is 1.10. The molecular weight excluding hydrogens is 251 g/mol. The van der Waals surface area contributed by atoms with Crippen LogP contribution in [0.2, 0.25) is 0 Å². The highest BCUT2D eigenvalue weighted by atomic mass is 79.9. The van der Waals surface area contributed by atoms with Crippen molar-refractivity contribution < 1.29 is 14.2 Å². The normalized spacial score (nSPS) is 9.93. The first-order chi connectivity index (χ1) is 6.65. The molecule has 0 unspecified atom stereocenters. The second kappa shape index (κ2) is 5.12. The minimum Gasteiger partial charge on any atom is -0.485 e. The van der Waals surface area contributed by atoms with E-state index in [9.17, 15) is 4.39 Å². The van der Waals surface area contributed by atoms with E-state index >= 15 is 0 Å². The second-order valence-electron chi connectivity index (χ2n) is 2.69. The van der Waals surface area contributed by atoms with Crippen molar-refractivity contribution >= 4 is 15.9 Å². The van der Waals surface area contributed by atoms with Crippen molar-refractivity contribution in [3.8, 4) is 5.75 Å². The highest BCUT2D eigenvalue weighted by Gasteiger charge is 2.08. The Morgan fingerprint density at radius 1 is 1.57 bits per heavy atom. The SMILES string of the molecule is C=C(Br)COc1c(F)cccc1CO. The minimum absolute atomic E-state index is 0.0793. The molecular formula is C10H10BrFO2. The maximum atomic E-state index is 13.2. The summed E-state index contributed by atoms with van der Waals surface area (Å²) in [5.41, 5.74) is 0.429. The molecule has 0 aliphatic carbocycles. The van der Waals surface area contributed by atoms with Crippen molar-refractivity contribution in [2.24, 2.45) is 0 Å². The lowest BCUT2D eigenvalue weighted by molar-refractivity contribution is 0.265. The molecule has 0 atom stereocenters. The van der Waals surface area contributed by atoms with E-state index in [1.54, 1.807) is 6.07 Å². The predicted octanol–water partition coefficient (Wildman–Crippen LogP) is 2.61. The number of aliphatic hydroxyl groups excluding tert-OH is 1. The zero-order valence-electron chi connectivity index (χ0n) is 7.46. The van der Waals surface area contributed by atoms with Gasteiger partial charge in [0.15, 0.2) is 11.6 Å². The minimum atomic E-state index is -0.481. The summed E-state index contributed by atoms with van der Waals surface area (Å²) in [6.45, 7) is 3.49. The molecule has 0 aliphatic rings. The van der Waals surface area contributed by atoms with Gasteiger partial charge in [0.1, 0.15) is 6.61 Å². The predicted molar refractivity (Wildman–Crippen MR) is 55.9 cm³/mol. The summed E-state index contributed by atoms with van der Waals surface area (Å²) < 4.78 is 19.0. The third kappa shape index (κ3) is 2.82. The molecule has 0 aromatic heterocycles. The fourth-order valence-electron chi connectivity index (χ4n) is 0.990. The Labute approximate surface area is 90.1 Å². The van der Waals surface area contributed by atoms with Crippen LogP contribution in [0.25, 0.3) is 0 Å². The summed E-state index contributed by atoms with van der Waals surface area (Å²) in [5, 5.41) is 8.93. The van der Waals surface area contributed by atoms with Gasteiger partial charge in [0.05, 0.1) is 6.61 Å². The number of para-hydroxylation sites is 1. The Hall–Kier alpha value is -0.870. The molecule has 0 amide bonds. The first kappa shape index (κ1) is 11.2. The number of rotatable bonds is 4. The summed E-state index contributed by atoms with van der Waals surface area (Å²) in [5.74, 6) is -0.402. The number of hydrogen-bond donors (Lipinski definition) is 1. The molecule has 0 aliphatic heterocycles. The molecule has 76 valence electrons. The number of ether oxygens (including phenoxy) is 1. The molecule has 0 spiro atoms. The summed E-state index contributed by atoms with van der Waals surface area (Å²) in [6, 6.07) is 4.41. The van der Waals surface area contributed by atoms with Gasteiger partial charge in [0.2, 0.25) is 0 Å². The third-order valence-electron chi connectivity index (χ3n) is 1.59. The summed E-state index contributed by atoms with van der Waals surface area (Å²) in [7, 11) is 0. The smallest absolute Gasteiger partial charge is 0.165 e. The van der Waals surface area contributed by atoms with Crippen molar-refractivity contribution in [1.82, 2.24) is 0 Å². The quantitative estimate of drug-likeness (QED) is 0.902. The van der Waals surface area contributed by atoms with Gasteiger partial charge in [0, 0.05) is 10.0 Å². The van der Waals surface area contributed by atoms with Gasteiger partial charge in [-0.1, -0.05) is 34.6 Å². The van der Waals surface area contributed by atoms with E-state index in [0.717, 1.165) is 0 Å². The van der Waals surface area contributed by atoms with Crippen molar-refractivity contribution in [2.75, 3.05) is 6.61 Å². The lowest BCUT2D eigenvalue weighted by atomic mass is 10.2. The molecule has 0 saturated carbocycles. The number of benzene rings is 1. The topological polar surface area (TPSA) is 29.5 Å². The maximum Gasteiger partial charge on any atom is 0.165 e. The van der Waals surface area contributed by atoms with Crippen LogP contribution in [0.4, 0.5) is 4.39 Å². The third-order valence-corrected chi connectivity index (χ3v) is 1.82. The zero-order chi connectivity index (χ0) is 10.6. The van der Waals surface area contributed by atoms with Crippen LogP contribution in [-0.2, 0) is 6.61 Å². The van der Waals surface area contributed by atoms with Crippen LogP contribution in [0, 0.1) is 5.82 Å². The van der Waals surface area contributed by atoms with Crippen LogP contribution in [-0.4, -0.2) is 11.7 Å². The van der Waals surface area contributed by atoms with Crippen molar-refractivity contribution in [3.05, 3.63) is 40.6 Å². The number of hydrogen-bond acceptors (Lipinski definition) is 2. The van der Waals surface area contributed by atoms with E-state index in [1.165, 1.54) is 12.1 Å². The Balaban J connectivity index is 2.87. The molecule has 1 aromatic carbocycles. The van der Waals surface area contributed by atoms with Gasteiger partial charge in [-0.15, -0.1) is 0 Å². The van der Waals surface area contributed by atoms with Crippen LogP contribution in [0.3, 0.4) is 0 Å². The Bertz CT molecular complexity index is 339. The maximum absolute atomic E-state index is 13.2. The van der Waals surface area contributed by atoms with E-state index in [2.05, 4.69) is 22.5 Å². The van der Waals surface area contributed by atoms with E-state index < -0.39 is 5.82 Å². The van der Waals surface area contributed by atoms with Gasteiger partial charge < -0.3 is 9.84 Å². The molecule has 0 heterocycles. The monoisotopic (exact) mass is 260 g/mol. The lowest BCUT2D eigenvalue weighted by Crippen LogP contribution is -2.01. The molecule has 0 radical (unpaired) electrons. The molecule has 0 fully saturated rings. The van der Waals surface area contributed by atoms with Crippen molar-refractivity contribution in [2.45, 2.75) is 6.61 Å². The molecule has 4 heteroatoms. The van der Waals surface area contributed by atoms with Gasteiger partial charge in [0.25, 0.3) is 0 Å². The number of halogens is 2. The van der Waals surface area contributed by atoms with E-state index in [1.807, 2.05) is 0 Å². The van der Waals surface area contributed by atoms with Crippen molar-refractivity contribution in [1.29, 1.82) is 0 Å². The van der Waals surface area contributed by atoms with Gasteiger partial charge in [-0.05, 0) is 6.07 Å². The summed E-state index contributed by atoms with van der Waals surface area (Å²) >= 11 is 3.10. The van der Waals surface area contributed by atoms with E-state index in [-0.39, 0.29) is 19.0 Å². The molecule has 0 saturated heterocycles. The molecule has 2 nitrogen and oxygen atoms in total. The van der Waals surface area contributed by atoms with Gasteiger partial charge in [-0.2, -0.15) is 0 Å². The van der Waals surface area contributed by atoms with Crippen LogP contribution in [0.5, 0.6) is 5.75 Å². The van der Waals surface area contributed by atoms with Gasteiger partial charge in [-0.25, -0.2) is 4.39 Å². The van der Waals surface area contributed by atoms with Crippen LogP contribution < -0.4 is 4.74 Å². The largest absolute Gasteiger partial charge is 0.485 e. The Morgan fingerprint density at radius 3 is 2.86 bits per heavy atom. The van der Waals surface area contributed by atoms with Gasteiger partial charge >= 0.3 is 0 Å². The number of aliphatic hydroxyl groups is 1. The molecule has 14 heavy (non-hydrogen) atoms. The first-order valence-corrected chi connectivity index (χ1v) is 4.78. The lowest BCUT2D eigenvalue weighted by Gasteiger charge is -2.09. The highest BCUT2D eigenvalue weighted by molar-refractivity contribution is 9.11. The average molecular weight is 261 g/mol. The van der Waals surface area contributed by atoms with E-state index in [4.69, 9.17) is 9.84 Å². The van der Waals surface area contributed by atoms with Crippen LogP contribution >= 0.6 is 15.9 Å². The van der Waals surface area contributed by atoms with E-state index in [0.29, 0.717) is 10.0 Å². The molecule has 0 bridgehead atoms. The van der Waals surface area contributed by atoms with Gasteiger partial charge in [-0.3, -0.25) is 0 Å². The average Bonchev–Trinajstić information content (AvgIpc) is 2.15. The standard InChI is InChI=1S/C10H10BrFO2/c1-7(11)6-14-10-8(5-13)3-2-4-9(10)12/h2-4,13H,1,5-6H2. The molecule has 1 N–H and O–H groups in total. The molecule has 1 rings (SSSR count).